The van der Waals surface area contributed by atoms with Crippen LogP contribution in [0.25, 0.3) is 10.9 Å². The Balaban J connectivity index is 1.79. The van der Waals surface area contributed by atoms with Gasteiger partial charge >= 0.3 is 5.97 Å². The molecule has 1 aromatic carbocycles. The van der Waals surface area contributed by atoms with E-state index in [2.05, 4.69) is 5.10 Å². The molecule has 18 heavy (non-hydrogen) atoms. The summed E-state index contributed by atoms with van der Waals surface area (Å²) < 4.78 is 19.6. The van der Waals surface area contributed by atoms with E-state index in [4.69, 9.17) is 4.74 Å². The molecule has 1 heterocycles. The van der Waals surface area contributed by atoms with Gasteiger partial charge < -0.3 is 4.74 Å². The molecule has 1 aliphatic carbocycles. The summed E-state index contributed by atoms with van der Waals surface area (Å²) in [5.41, 5.74) is 0.776. The summed E-state index contributed by atoms with van der Waals surface area (Å²) in [5.74, 6) is -0.443. The van der Waals surface area contributed by atoms with Gasteiger partial charge in [-0.25, -0.2) is 4.39 Å². The number of methoxy groups -OCH3 is 1. The number of aromatic nitrogens is 2. The second-order valence-electron chi connectivity index (χ2n) is 4.66. The van der Waals surface area contributed by atoms with Gasteiger partial charge in [0, 0.05) is 11.6 Å². The van der Waals surface area contributed by atoms with Gasteiger partial charge in [-0.15, -0.1) is 0 Å². The Bertz CT molecular complexity index is 602. The Morgan fingerprint density at radius 2 is 2.28 bits per heavy atom. The van der Waals surface area contributed by atoms with Crippen LogP contribution in [0, 0.1) is 11.7 Å². The van der Waals surface area contributed by atoms with Gasteiger partial charge in [0.15, 0.2) is 0 Å². The van der Waals surface area contributed by atoms with E-state index in [0.717, 1.165) is 23.7 Å². The molecule has 0 unspecified atom stereocenters. The highest BCUT2D eigenvalue weighted by atomic mass is 19.1. The van der Waals surface area contributed by atoms with Crippen molar-refractivity contribution < 1.29 is 13.9 Å². The first kappa shape index (κ1) is 11.2. The minimum absolute atomic E-state index is 0.0240. The highest BCUT2D eigenvalue weighted by molar-refractivity contribution is 5.78. The fraction of sp³-hybridized carbons (Fsp3) is 0.385. The van der Waals surface area contributed by atoms with Crippen LogP contribution in [0.1, 0.15) is 18.9 Å². The number of benzene rings is 1. The molecule has 1 fully saturated rings. The van der Waals surface area contributed by atoms with Crippen molar-refractivity contribution in [2.24, 2.45) is 5.92 Å². The fourth-order valence-electron chi connectivity index (χ4n) is 2.37. The van der Waals surface area contributed by atoms with Crippen molar-refractivity contribution in [3.05, 3.63) is 30.2 Å². The Morgan fingerprint density at radius 1 is 1.50 bits per heavy atom. The molecular formula is C13H13FN2O2. The first-order chi connectivity index (χ1) is 8.67. The lowest BCUT2D eigenvalue weighted by atomic mass is 9.80. The van der Waals surface area contributed by atoms with Gasteiger partial charge in [0.2, 0.25) is 0 Å². The standard InChI is InChI=1S/C13H13FN2O2/c1-18-13(17)8-5-11(6-8)16-7-9-4-10(14)2-3-12(9)15-16/h2-4,7-8,11H,5-6H2,1H3/t8-,11-. The zero-order valence-corrected chi connectivity index (χ0v) is 9.97. The second-order valence-corrected chi connectivity index (χ2v) is 4.66. The molecule has 0 bridgehead atoms. The number of rotatable bonds is 2. The van der Waals surface area contributed by atoms with Gasteiger partial charge in [0.05, 0.1) is 24.6 Å². The number of ether oxygens (including phenoxy) is 1. The number of carbonyl (C=O) groups excluding carboxylic acids is 1. The zero-order chi connectivity index (χ0) is 12.7. The zero-order valence-electron chi connectivity index (χ0n) is 9.97. The predicted molar refractivity (Wildman–Crippen MR) is 63.5 cm³/mol. The van der Waals surface area contributed by atoms with Crippen LogP contribution >= 0.6 is 0 Å². The maximum atomic E-state index is 13.1. The topological polar surface area (TPSA) is 44.1 Å². The van der Waals surface area contributed by atoms with Gasteiger partial charge in [0.25, 0.3) is 0 Å². The summed E-state index contributed by atoms with van der Waals surface area (Å²) in [5, 5.41) is 5.18. The number of fused-ring (bicyclic) bond motifs is 1. The van der Waals surface area contributed by atoms with Crippen LogP contribution in [-0.2, 0) is 9.53 Å². The highest BCUT2D eigenvalue weighted by Crippen LogP contribution is 2.38. The maximum absolute atomic E-state index is 13.1. The summed E-state index contributed by atoms with van der Waals surface area (Å²) in [6, 6.07) is 4.74. The molecule has 0 aliphatic heterocycles. The Morgan fingerprint density at radius 3 is 3.00 bits per heavy atom. The van der Waals surface area contributed by atoms with Gasteiger partial charge in [-0.2, -0.15) is 5.10 Å². The monoisotopic (exact) mass is 248 g/mol. The van der Waals surface area contributed by atoms with Crippen molar-refractivity contribution >= 4 is 16.9 Å². The van der Waals surface area contributed by atoms with E-state index >= 15 is 0 Å². The summed E-state index contributed by atoms with van der Waals surface area (Å²) in [6.07, 6.45) is 3.31. The molecule has 0 saturated heterocycles. The van der Waals surface area contributed by atoms with Crippen LogP contribution in [0.15, 0.2) is 24.4 Å². The molecule has 2 aromatic rings. The number of halogens is 1. The first-order valence-corrected chi connectivity index (χ1v) is 5.89. The largest absolute Gasteiger partial charge is 0.469 e. The molecule has 1 aromatic heterocycles. The van der Waals surface area contributed by atoms with Gasteiger partial charge in [0.1, 0.15) is 5.82 Å². The van der Waals surface area contributed by atoms with E-state index in [9.17, 15) is 9.18 Å². The molecule has 0 amide bonds. The SMILES string of the molecule is COC(=O)[C@H]1C[C@H](n2cc3cc(F)ccc3n2)C1. The number of hydrogen-bond acceptors (Lipinski definition) is 3. The molecule has 1 saturated carbocycles. The van der Waals surface area contributed by atoms with Crippen LogP contribution in [-0.4, -0.2) is 22.9 Å². The van der Waals surface area contributed by atoms with Crippen LogP contribution in [0.5, 0.6) is 0 Å². The normalized spacial score (nSPS) is 22.8. The van der Waals surface area contributed by atoms with Crippen molar-refractivity contribution in [1.82, 2.24) is 9.78 Å². The molecule has 0 N–H and O–H groups in total. The number of nitrogens with zero attached hydrogens (tertiary/aromatic N) is 2. The average Bonchev–Trinajstić information content (AvgIpc) is 2.69. The van der Waals surface area contributed by atoms with Crippen LogP contribution in [0.2, 0.25) is 0 Å². The smallest absolute Gasteiger partial charge is 0.308 e. The Hall–Kier alpha value is -1.91. The summed E-state index contributed by atoms with van der Waals surface area (Å²) >= 11 is 0. The molecule has 94 valence electrons. The van der Waals surface area contributed by atoms with E-state index in [-0.39, 0.29) is 23.7 Å². The third-order valence-corrected chi connectivity index (χ3v) is 3.51. The second kappa shape index (κ2) is 4.08. The van der Waals surface area contributed by atoms with Crippen molar-refractivity contribution in [3.63, 3.8) is 0 Å². The quantitative estimate of drug-likeness (QED) is 0.766. The molecule has 4 nitrogen and oxygen atoms in total. The van der Waals surface area contributed by atoms with E-state index in [1.807, 2.05) is 10.9 Å². The molecule has 0 radical (unpaired) electrons. The van der Waals surface area contributed by atoms with Crippen molar-refractivity contribution in [1.29, 1.82) is 0 Å². The summed E-state index contributed by atoms with van der Waals surface area (Å²) in [4.78, 5) is 11.3. The third kappa shape index (κ3) is 1.75. The van der Waals surface area contributed by atoms with Crippen molar-refractivity contribution in [2.45, 2.75) is 18.9 Å². The summed E-state index contributed by atoms with van der Waals surface area (Å²) in [6.45, 7) is 0. The molecular weight excluding hydrogens is 235 g/mol. The van der Waals surface area contributed by atoms with Crippen molar-refractivity contribution in [3.8, 4) is 0 Å². The van der Waals surface area contributed by atoms with Gasteiger partial charge in [-0.1, -0.05) is 0 Å². The summed E-state index contributed by atoms with van der Waals surface area (Å²) in [7, 11) is 1.40. The minimum Gasteiger partial charge on any atom is -0.469 e. The average molecular weight is 248 g/mol. The van der Waals surface area contributed by atoms with Crippen molar-refractivity contribution in [2.75, 3.05) is 7.11 Å². The Kier molecular flexibility index (Phi) is 2.54. The van der Waals surface area contributed by atoms with Crippen LogP contribution in [0.3, 0.4) is 0 Å². The third-order valence-electron chi connectivity index (χ3n) is 3.51. The van der Waals surface area contributed by atoms with Crippen LogP contribution in [0.4, 0.5) is 4.39 Å². The number of hydrogen-bond donors (Lipinski definition) is 0. The van der Waals surface area contributed by atoms with E-state index in [1.54, 1.807) is 6.07 Å². The fourth-order valence-corrected chi connectivity index (χ4v) is 2.37. The van der Waals surface area contributed by atoms with E-state index in [1.165, 1.54) is 19.2 Å². The molecule has 3 rings (SSSR count). The molecule has 0 spiro atoms. The highest BCUT2D eigenvalue weighted by Gasteiger charge is 2.36. The minimum atomic E-state index is -0.261. The first-order valence-electron chi connectivity index (χ1n) is 5.89. The lowest BCUT2D eigenvalue weighted by Crippen LogP contribution is -2.33. The molecule has 5 heteroatoms. The van der Waals surface area contributed by atoms with Gasteiger partial charge in [-0.3, -0.25) is 9.48 Å². The number of esters is 1. The molecule has 1 aliphatic rings. The van der Waals surface area contributed by atoms with E-state index in [0.29, 0.717) is 0 Å². The lowest BCUT2D eigenvalue weighted by molar-refractivity contribution is -0.149. The lowest BCUT2D eigenvalue weighted by Gasteiger charge is -2.33. The number of carbonyl (C=O) groups is 1. The predicted octanol–water partition coefficient (Wildman–Crippen LogP) is 2.30. The van der Waals surface area contributed by atoms with Gasteiger partial charge in [-0.05, 0) is 31.0 Å². The molecule has 0 atom stereocenters. The maximum Gasteiger partial charge on any atom is 0.308 e. The van der Waals surface area contributed by atoms with E-state index < -0.39 is 0 Å². The Labute approximate surface area is 103 Å². The van der Waals surface area contributed by atoms with Crippen LogP contribution < -0.4 is 0 Å².